The number of amides is 1. The number of benzene rings is 3. The minimum atomic E-state index is -0.536. The molecule has 9 heteroatoms. The van der Waals surface area contributed by atoms with Crippen LogP contribution in [0.4, 0.5) is 10.2 Å². The van der Waals surface area contributed by atoms with Gasteiger partial charge in [0.15, 0.2) is 11.5 Å². The molecule has 182 valence electrons. The van der Waals surface area contributed by atoms with Crippen molar-refractivity contribution in [1.29, 1.82) is 0 Å². The molecule has 0 aliphatic carbocycles. The largest absolute Gasteiger partial charge is 0.489 e. The number of hydrogen-bond donors (Lipinski definition) is 1. The van der Waals surface area contributed by atoms with Gasteiger partial charge in [0.1, 0.15) is 24.0 Å². The standard InChI is InChI=1S/C27H21FN2O6/c1-33-27(32)19-7-12-25(29-16-19)30-26(31)20-13-23(34-17-18-5-3-2-4-6-18)15-24(14-20)36-35-22-10-8-21(28)9-11-22/h2-16H,17H2,1H3,(H,29,30,31). The third kappa shape index (κ3) is 6.57. The SMILES string of the molecule is COC(=O)c1ccc(NC(=O)c2cc(OCc3ccccc3)cc(OOc3ccc(F)cc3)c2)nc1. The smallest absolute Gasteiger partial charge is 0.339 e. The van der Waals surface area contributed by atoms with Gasteiger partial charge in [-0.25, -0.2) is 14.2 Å². The van der Waals surface area contributed by atoms with Crippen LogP contribution in [0.2, 0.25) is 0 Å². The van der Waals surface area contributed by atoms with E-state index in [2.05, 4.69) is 15.0 Å². The fourth-order valence-electron chi connectivity index (χ4n) is 3.06. The number of carbonyl (C=O) groups excluding carboxylic acids is 2. The lowest BCUT2D eigenvalue weighted by Crippen LogP contribution is -2.14. The van der Waals surface area contributed by atoms with Crippen LogP contribution in [-0.4, -0.2) is 24.0 Å². The molecule has 0 saturated carbocycles. The summed E-state index contributed by atoms with van der Waals surface area (Å²) in [5.41, 5.74) is 1.39. The number of carbonyl (C=O) groups is 2. The van der Waals surface area contributed by atoms with E-state index < -0.39 is 17.7 Å². The molecule has 8 nitrogen and oxygen atoms in total. The molecule has 0 spiro atoms. The van der Waals surface area contributed by atoms with Crippen molar-refractivity contribution in [1.82, 2.24) is 4.98 Å². The Morgan fingerprint density at radius 1 is 0.833 bits per heavy atom. The van der Waals surface area contributed by atoms with E-state index >= 15 is 0 Å². The zero-order valence-electron chi connectivity index (χ0n) is 19.1. The first kappa shape index (κ1) is 24.2. The number of halogens is 1. The highest BCUT2D eigenvalue weighted by Crippen LogP contribution is 2.26. The van der Waals surface area contributed by atoms with Crippen LogP contribution >= 0.6 is 0 Å². The molecule has 0 unspecified atom stereocenters. The van der Waals surface area contributed by atoms with Crippen molar-refractivity contribution in [3.63, 3.8) is 0 Å². The Kier molecular flexibility index (Phi) is 7.72. The Hall–Kier alpha value is -4.92. The summed E-state index contributed by atoms with van der Waals surface area (Å²) in [6.45, 7) is 0.265. The number of pyridine rings is 1. The Bertz CT molecular complexity index is 1330. The maximum atomic E-state index is 13.1. The number of nitrogens with one attached hydrogen (secondary N) is 1. The zero-order chi connectivity index (χ0) is 25.3. The lowest BCUT2D eigenvalue weighted by atomic mass is 10.2. The molecule has 4 aromatic rings. The second-order valence-electron chi connectivity index (χ2n) is 7.47. The number of aromatic nitrogens is 1. The molecule has 0 aliphatic heterocycles. The molecule has 1 amide bonds. The van der Waals surface area contributed by atoms with Gasteiger partial charge in [0.05, 0.1) is 12.7 Å². The van der Waals surface area contributed by atoms with Crippen LogP contribution < -0.4 is 19.8 Å². The van der Waals surface area contributed by atoms with Gasteiger partial charge in [0.25, 0.3) is 5.91 Å². The first-order valence-corrected chi connectivity index (χ1v) is 10.8. The van der Waals surface area contributed by atoms with Crippen LogP contribution in [-0.2, 0) is 11.3 Å². The van der Waals surface area contributed by atoms with Gasteiger partial charge in [-0.2, -0.15) is 0 Å². The molecule has 36 heavy (non-hydrogen) atoms. The lowest BCUT2D eigenvalue weighted by molar-refractivity contribution is -0.100. The van der Waals surface area contributed by atoms with E-state index in [9.17, 15) is 14.0 Å². The summed E-state index contributed by atoms with van der Waals surface area (Å²) in [5, 5.41) is 2.65. The van der Waals surface area contributed by atoms with Gasteiger partial charge < -0.3 is 14.8 Å². The molecular formula is C27H21FN2O6. The fourth-order valence-corrected chi connectivity index (χ4v) is 3.06. The number of anilines is 1. The van der Waals surface area contributed by atoms with Gasteiger partial charge in [-0.05, 0) is 54.1 Å². The van der Waals surface area contributed by atoms with E-state index in [1.54, 1.807) is 12.1 Å². The van der Waals surface area contributed by atoms with Crippen LogP contribution in [0.15, 0.2) is 91.1 Å². The molecule has 4 rings (SSSR count). The molecule has 3 aromatic carbocycles. The third-order valence-corrected chi connectivity index (χ3v) is 4.86. The Labute approximate surface area is 206 Å². The highest BCUT2D eigenvalue weighted by atomic mass is 19.1. The number of nitrogens with zero attached hydrogens (tertiary/aromatic N) is 1. The van der Waals surface area contributed by atoms with Gasteiger partial charge in [0, 0.05) is 17.8 Å². The summed E-state index contributed by atoms with van der Waals surface area (Å²) in [7, 11) is 1.27. The van der Waals surface area contributed by atoms with Crippen molar-refractivity contribution in [2.45, 2.75) is 6.61 Å². The normalized spacial score (nSPS) is 10.3. The minimum Gasteiger partial charge on any atom is -0.489 e. The molecule has 0 saturated heterocycles. The minimum absolute atomic E-state index is 0.184. The third-order valence-electron chi connectivity index (χ3n) is 4.86. The summed E-state index contributed by atoms with van der Waals surface area (Å²) in [6.07, 6.45) is 1.30. The fraction of sp³-hybridized carbons (Fsp3) is 0.0741. The number of ether oxygens (including phenoxy) is 2. The summed E-state index contributed by atoms with van der Waals surface area (Å²) >= 11 is 0. The predicted molar refractivity (Wildman–Crippen MR) is 128 cm³/mol. The van der Waals surface area contributed by atoms with Crippen LogP contribution in [0.1, 0.15) is 26.3 Å². The number of rotatable bonds is 9. The summed E-state index contributed by atoms with van der Waals surface area (Å²) < 4.78 is 23.7. The highest BCUT2D eigenvalue weighted by Gasteiger charge is 2.14. The monoisotopic (exact) mass is 488 g/mol. The Balaban J connectivity index is 1.52. The molecule has 0 fully saturated rings. The van der Waals surface area contributed by atoms with E-state index in [-0.39, 0.29) is 35.1 Å². The van der Waals surface area contributed by atoms with E-state index in [0.29, 0.717) is 5.75 Å². The highest BCUT2D eigenvalue weighted by molar-refractivity contribution is 6.04. The molecule has 0 aliphatic rings. The van der Waals surface area contributed by atoms with Gasteiger partial charge in [-0.3, -0.25) is 14.6 Å². The molecule has 0 bridgehead atoms. The Morgan fingerprint density at radius 2 is 1.56 bits per heavy atom. The Morgan fingerprint density at radius 3 is 2.25 bits per heavy atom. The van der Waals surface area contributed by atoms with Gasteiger partial charge >= 0.3 is 5.97 Å². The quantitative estimate of drug-likeness (QED) is 0.196. The van der Waals surface area contributed by atoms with Crippen molar-refractivity contribution in [2.75, 3.05) is 12.4 Å². The van der Waals surface area contributed by atoms with Crippen molar-refractivity contribution in [3.8, 4) is 17.2 Å². The van der Waals surface area contributed by atoms with E-state index in [1.165, 1.54) is 55.8 Å². The first-order valence-electron chi connectivity index (χ1n) is 10.8. The van der Waals surface area contributed by atoms with E-state index in [1.807, 2.05) is 30.3 Å². The zero-order valence-corrected chi connectivity index (χ0v) is 19.1. The lowest BCUT2D eigenvalue weighted by Gasteiger charge is -2.12. The summed E-state index contributed by atoms with van der Waals surface area (Å²) in [6, 6.07) is 22.3. The second kappa shape index (κ2) is 11.5. The summed E-state index contributed by atoms with van der Waals surface area (Å²) in [4.78, 5) is 39.2. The molecule has 0 radical (unpaired) electrons. The first-order chi connectivity index (χ1) is 17.5. The van der Waals surface area contributed by atoms with Crippen molar-refractivity contribution in [3.05, 3.63) is 114 Å². The van der Waals surface area contributed by atoms with Crippen molar-refractivity contribution < 1.29 is 33.2 Å². The topological polar surface area (TPSA) is 96.0 Å². The van der Waals surface area contributed by atoms with Gasteiger partial charge in [-0.1, -0.05) is 30.3 Å². The molecule has 1 aromatic heterocycles. The number of methoxy groups -OCH3 is 1. The van der Waals surface area contributed by atoms with Gasteiger partial charge in [0.2, 0.25) is 0 Å². The predicted octanol–water partition coefficient (Wildman–Crippen LogP) is 5.21. The van der Waals surface area contributed by atoms with Crippen LogP contribution in [0.25, 0.3) is 0 Å². The second-order valence-corrected chi connectivity index (χ2v) is 7.47. The van der Waals surface area contributed by atoms with Crippen molar-refractivity contribution in [2.24, 2.45) is 0 Å². The van der Waals surface area contributed by atoms with Gasteiger partial charge in [-0.15, -0.1) is 0 Å². The van der Waals surface area contributed by atoms with E-state index in [0.717, 1.165) is 5.56 Å². The van der Waals surface area contributed by atoms with Crippen LogP contribution in [0.5, 0.6) is 17.2 Å². The average molecular weight is 488 g/mol. The molecule has 1 heterocycles. The van der Waals surface area contributed by atoms with Crippen LogP contribution in [0, 0.1) is 5.82 Å². The molecule has 0 atom stereocenters. The van der Waals surface area contributed by atoms with Crippen molar-refractivity contribution >= 4 is 17.7 Å². The molecular weight excluding hydrogens is 467 g/mol. The van der Waals surface area contributed by atoms with E-state index in [4.69, 9.17) is 14.5 Å². The van der Waals surface area contributed by atoms with Crippen LogP contribution in [0.3, 0.4) is 0 Å². The molecule has 1 N–H and O–H groups in total. The summed E-state index contributed by atoms with van der Waals surface area (Å²) in [5.74, 6) is -0.397. The average Bonchev–Trinajstić information content (AvgIpc) is 2.92. The maximum absolute atomic E-state index is 13.1. The number of hydrogen-bond acceptors (Lipinski definition) is 7. The number of esters is 1. The maximum Gasteiger partial charge on any atom is 0.339 e.